The first kappa shape index (κ1) is 9.22. The van der Waals surface area contributed by atoms with Crippen molar-refractivity contribution >= 4 is 29.6 Å². The van der Waals surface area contributed by atoms with Gasteiger partial charge >= 0.3 is 29.6 Å². The van der Waals surface area contributed by atoms with Gasteiger partial charge in [-0.05, 0) is 18.1 Å². The molecule has 0 aliphatic heterocycles. The molecule has 0 heterocycles. The quantitative estimate of drug-likeness (QED) is 0.503. The summed E-state index contributed by atoms with van der Waals surface area (Å²) in [6, 6.07) is 11.0. The van der Waals surface area contributed by atoms with Gasteiger partial charge in [0.15, 0.2) is 0 Å². The Bertz CT molecular complexity index is 146. The van der Waals surface area contributed by atoms with E-state index in [9.17, 15) is 0 Å². The van der Waals surface area contributed by atoms with Gasteiger partial charge in [0.2, 0.25) is 0 Å². The molecule has 1 aromatic rings. The van der Waals surface area contributed by atoms with Crippen LogP contribution >= 0.6 is 0 Å². The zero-order valence-electron chi connectivity index (χ0n) is 5.02. The Labute approximate surface area is 78.6 Å². The first-order chi connectivity index (χ1) is 3.93. The van der Waals surface area contributed by atoms with Crippen LogP contribution in [0.1, 0.15) is 12.5 Å². The van der Waals surface area contributed by atoms with E-state index >= 15 is 0 Å². The Morgan fingerprint density at radius 1 is 1.33 bits per heavy atom. The van der Waals surface area contributed by atoms with Gasteiger partial charge in [0.1, 0.15) is 0 Å². The summed E-state index contributed by atoms with van der Waals surface area (Å²) < 4.78 is 0. The van der Waals surface area contributed by atoms with E-state index in [2.05, 4.69) is 25.1 Å². The Morgan fingerprint density at radius 3 is 2.22 bits per heavy atom. The van der Waals surface area contributed by atoms with Gasteiger partial charge in [-0.15, -0.1) is 0 Å². The van der Waals surface area contributed by atoms with Gasteiger partial charge in [0.05, 0.1) is 0 Å². The molecule has 0 nitrogen and oxygen atoms in total. The van der Waals surface area contributed by atoms with Gasteiger partial charge in [0.25, 0.3) is 0 Å². The van der Waals surface area contributed by atoms with Crippen LogP contribution in [-0.4, -0.2) is 29.6 Å². The van der Waals surface area contributed by atoms with E-state index in [1.165, 1.54) is 5.56 Å². The van der Waals surface area contributed by atoms with E-state index in [4.69, 9.17) is 0 Å². The second-order valence-corrected chi connectivity index (χ2v) is 1.76. The molecule has 0 saturated heterocycles. The molecule has 0 fully saturated rings. The molecule has 0 saturated carbocycles. The van der Waals surface area contributed by atoms with Crippen molar-refractivity contribution in [3.8, 4) is 0 Å². The first-order valence-corrected chi connectivity index (χ1v) is 2.88. The summed E-state index contributed by atoms with van der Waals surface area (Å²) in [5.41, 5.74) is 1.38. The summed E-state index contributed by atoms with van der Waals surface area (Å²) in [6.07, 6.45) is 1.12. The Kier molecular flexibility index (Phi) is 5.16. The van der Waals surface area contributed by atoms with Crippen LogP contribution < -0.4 is 0 Å². The van der Waals surface area contributed by atoms with Crippen LogP contribution in [0, 0.1) is 6.07 Å². The number of hydrogen-bond donors (Lipinski definition) is 0. The van der Waals surface area contributed by atoms with Crippen molar-refractivity contribution in [2.24, 2.45) is 0 Å². The Hall–Kier alpha value is 0.220. The number of aryl methyl sites for hydroxylation is 1. The molecule has 0 bridgehead atoms. The SMILES string of the molecule is CCc1cc[c]cc1.[NaH]. The van der Waals surface area contributed by atoms with Crippen molar-refractivity contribution in [1.82, 2.24) is 0 Å². The minimum absolute atomic E-state index is 0. The maximum atomic E-state index is 2.97. The zero-order valence-corrected chi connectivity index (χ0v) is 5.02. The van der Waals surface area contributed by atoms with Crippen molar-refractivity contribution in [3.05, 3.63) is 35.9 Å². The van der Waals surface area contributed by atoms with Crippen LogP contribution in [0.2, 0.25) is 0 Å². The third-order valence-corrected chi connectivity index (χ3v) is 1.20. The van der Waals surface area contributed by atoms with Crippen LogP contribution in [0.3, 0.4) is 0 Å². The molecule has 0 unspecified atom stereocenters. The minimum atomic E-state index is 0. The number of rotatable bonds is 1. The zero-order chi connectivity index (χ0) is 5.82. The van der Waals surface area contributed by atoms with E-state index in [-0.39, 0.29) is 29.6 Å². The molecule has 0 aliphatic carbocycles. The normalized spacial score (nSPS) is 8.11. The number of hydrogen-bond acceptors (Lipinski definition) is 0. The standard InChI is InChI=1S/C8H9.Na.H/c1-2-8-6-4-3-5-7-8;;/h4-7H,2H2,1H3;;. The first-order valence-electron chi connectivity index (χ1n) is 2.88. The van der Waals surface area contributed by atoms with Crippen LogP contribution in [-0.2, 0) is 6.42 Å². The second-order valence-electron chi connectivity index (χ2n) is 1.76. The van der Waals surface area contributed by atoms with Gasteiger partial charge in [-0.25, -0.2) is 0 Å². The molecule has 0 atom stereocenters. The number of benzene rings is 1. The molecule has 0 spiro atoms. The Morgan fingerprint density at radius 2 is 1.89 bits per heavy atom. The summed E-state index contributed by atoms with van der Waals surface area (Å²) >= 11 is 0. The average Bonchev–Trinajstić information content (AvgIpc) is 1.90. The summed E-state index contributed by atoms with van der Waals surface area (Å²) in [7, 11) is 0. The fraction of sp³-hybridized carbons (Fsp3) is 0.250. The van der Waals surface area contributed by atoms with Gasteiger partial charge in [-0.2, -0.15) is 0 Å². The van der Waals surface area contributed by atoms with E-state index in [1.807, 2.05) is 12.1 Å². The molecular formula is C8H10Na. The van der Waals surface area contributed by atoms with Crippen molar-refractivity contribution in [1.29, 1.82) is 0 Å². The predicted molar refractivity (Wildman–Crippen MR) is 41.8 cm³/mol. The third kappa shape index (κ3) is 3.04. The fourth-order valence-corrected chi connectivity index (χ4v) is 0.657. The van der Waals surface area contributed by atoms with Crippen molar-refractivity contribution in [2.45, 2.75) is 13.3 Å². The molecule has 43 valence electrons. The molecule has 0 aromatic heterocycles. The topological polar surface area (TPSA) is 0 Å². The molecular weight excluding hydrogens is 119 g/mol. The van der Waals surface area contributed by atoms with E-state index < -0.39 is 0 Å². The fourth-order valence-electron chi connectivity index (χ4n) is 0.657. The predicted octanol–water partition coefficient (Wildman–Crippen LogP) is 1.40. The molecule has 9 heavy (non-hydrogen) atoms. The molecule has 0 amide bonds. The molecule has 1 radical (unpaired) electrons. The second kappa shape index (κ2) is 5.04. The summed E-state index contributed by atoms with van der Waals surface area (Å²) in [5, 5.41) is 0. The van der Waals surface area contributed by atoms with Crippen LogP contribution in [0.25, 0.3) is 0 Å². The molecule has 0 aliphatic rings. The monoisotopic (exact) mass is 129 g/mol. The van der Waals surface area contributed by atoms with E-state index in [0.29, 0.717) is 0 Å². The average molecular weight is 129 g/mol. The Balaban J connectivity index is 0.000000640. The van der Waals surface area contributed by atoms with Crippen molar-refractivity contribution < 1.29 is 0 Å². The molecule has 1 aromatic carbocycles. The van der Waals surface area contributed by atoms with Gasteiger partial charge in [0, 0.05) is 0 Å². The van der Waals surface area contributed by atoms with Crippen molar-refractivity contribution in [2.75, 3.05) is 0 Å². The van der Waals surface area contributed by atoms with Gasteiger partial charge < -0.3 is 0 Å². The summed E-state index contributed by atoms with van der Waals surface area (Å²) in [4.78, 5) is 0. The van der Waals surface area contributed by atoms with Crippen LogP contribution in [0.5, 0.6) is 0 Å². The summed E-state index contributed by atoms with van der Waals surface area (Å²) in [5.74, 6) is 0. The van der Waals surface area contributed by atoms with Gasteiger partial charge in [-0.3, -0.25) is 0 Å². The van der Waals surface area contributed by atoms with Gasteiger partial charge in [-0.1, -0.05) is 31.2 Å². The van der Waals surface area contributed by atoms with Crippen molar-refractivity contribution in [3.63, 3.8) is 0 Å². The van der Waals surface area contributed by atoms with Crippen LogP contribution in [0.4, 0.5) is 0 Å². The maximum absolute atomic E-state index is 2.97. The molecule has 0 N–H and O–H groups in total. The molecule has 1 rings (SSSR count). The van der Waals surface area contributed by atoms with E-state index in [1.54, 1.807) is 0 Å². The van der Waals surface area contributed by atoms with E-state index in [0.717, 1.165) is 6.42 Å². The van der Waals surface area contributed by atoms with Crippen LogP contribution in [0.15, 0.2) is 24.3 Å². The summed E-state index contributed by atoms with van der Waals surface area (Å²) in [6.45, 7) is 2.15. The molecule has 1 heteroatoms. The third-order valence-electron chi connectivity index (χ3n) is 1.20.